The average molecular weight is 538 g/mol. The van der Waals surface area contributed by atoms with Gasteiger partial charge in [-0.1, -0.05) is 6.07 Å². The summed E-state index contributed by atoms with van der Waals surface area (Å²) in [6, 6.07) is 8.17. The fraction of sp³-hybridized carbons (Fsp3) is 0.143. The lowest BCUT2D eigenvalue weighted by Gasteiger charge is -2.18. The Balaban J connectivity index is 1.76. The first-order chi connectivity index (χ1) is 18.5. The van der Waals surface area contributed by atoms with Crippen LogP contribution in [0, 0.1) is 32.4 Å². The molecule has 4 heterocycles. The molecule has 11 heteroatoms. The second-order valence-electron chi connectivity index (χ2n) is 8.86. The number of alkyl halides is 3. The topological polar surface area (TPSA) is 80.8 Å². The summed E-state index contributed by atoms with van der Waals surface area (Å²) in [6.07, 6.45) is -1.15. The standard InChI is InChI=1S/C28H19F5N4O2/c1-13-5-4-9-34-25(13)26-23-18(8-10-35-26)37-19(11-20(23)38)22-14(2)16(28(31,32)33)12-36-27(22)39-21-7-6-17(29)24(30)15(21)3/h4-12H,1-3H3,(H,37,38). The number of halogens is 5. The molecular formula is C28H19F5N4O2. The van der Waals surface area contributed by atoms with Crippen molar-refractivity contribution in [2.45, 2.75) is 26.9 Å². The molecule has 0 aliphatic heterocycles. The van der Waals surface area contributed by atoms with Crippen molar-refractivity contribution in [1.29, 1.82) is 0 Å². The number of rotatable bonds is 4. The van der Waals surface area contributed by atoms with Crippen LogP contribution in [0.4, 0.5) is 22.0 Å². The molecule has 0 aliphatic rings. The Morgan fingerprint density at radius 2 is 1.64 bits per heavy atom. The van der Waals surface area contributed by atoms with Crippen LogP contribution >= 0.6 is 0 Å². The predicted molar refractivity (Wildman–Crippen MR) is 134 cm³/mol. The van der Waals surface area contributed by atoms with Gasteiger partial charge in [-0.05, 0) is 56.2 Å². The van der Waals surface area contributed by atoms with Crippen molar-refractivity contribution in [2.75, 3.05) is 0 Å². The van der Waals surface area contributed by atoms with Gasteiger partial charge in [0.15, 0.2) is 17.1 Å². The number of fused-ring (bicyclic) bond motifs is 1. The summed E-state index contributed by atoms with van der Waals surface area (Å²) >= 11 is 0. The van der Waals surface area contributed by atoms with Gasteiger partial charge in [-0.15, -0.1) is 0 Å². The number of benzene rings is 1. The van der Waals surface area contributed by atoms with Gasteiger partial charge in [-0.3, -0.25) is 14.8 Å². The summed E-state index contributed by atoms with van der Waals surface area (Å²) in [6.45, 7) is 4.28. The molecule has 0 fully saturated rings. The molecule has 0 saturated heterocycles. The molecule has 1 aromatic carbocycles. The number of H-pyrrole nitrogens is 1. The van der Waals surface area contributed by atoms with E-state index in [1.807, 2.05) is 13.0 Å². The zero-order valence-corrected chi connectivity index (χ0v) is 20.7. The van der Waals surface area contributed by atoms with Gasteiger partial charge in [-0.25, -0.2) is 13.8 Å². The number of aromatic amines is 1. The van der Waals surface area contributed by atoms with Gasteiger partial charge >= 0.3 is 6.18 Å². The Morgan fingerprint density at radius 1 is 0.897 bits per heavy atom. The first kappa shape index (κ1) is 26.0. The maximum Gasteiger partial charge on any atom is 0.418 e. The summed E-state index contributed by atoms with van der Waals surface area (Å²) in [5.74, 6) is -2.76. The molecule has 39 heavy (non-hydrogen) atoms. The second-order valence-corrected chi connectivity index (χ2v) is 8.86. The van der Waals surface area contributed by atoms with Gasteiger partial charge in [0.2, 0.25) is 5.88 Å². The number of aryl methyl sites for hydroxylation is 1. The highest BCUT2D eigenvalue weighted by molar-refractivity contribution is 5.93. The van der Waals surface area contributed by atoms with E-state index in [-0.39, 0.29) is 39.4 Å². The minimum Gasteiger partial charge on any atom is -0.438 e. The van der Waals surface area contributed by atoms with Crippen LogP contribution in [0.15, 0.2) is 59.8 Å². The minimum absolute atomic E-state index is 0.0197. The lowest BCUT2D eigenvalue weighted by atomic mass is 10.00. The second kappa shape index (κ2) is 9.57. The fourth-order valence-electron chi connectivity index (χ4n) is 4.36. The maximum atomic E-state index is 14.2. The van der Waals surface area contributed by atoms with Crippen LogP contribution < -0.4 is 10.2 Å². The molecule has 1 N–H and O–H groups in total. The van der Waals surface area contributed by atoms with Crippen LogP contribution in [-0.2, 0) is 6.18 Å². The number of nitrogens with one attached hydrogen (secondary N) is 1. The van der Waals surface area contributed by atoms with E-state index in [4.69, 9.17) is 4.74 Å². The molecule has 5 rings (SSSR count). The number of pyridine rings is 4. The van der Waals surface area contributed by atoms with E-state index in [9.17, 15) is 26.7 Å². The molecular weight excluding hydrogens is 519 g/mol. The summed E-state index contributed by atoms with van der Waals surface area (Å²) < 4.78 is 75.0. The van der Waals surface area contributed by atoms with Crippen molar-refractivity contribution >= 4 is 10.9 Å². The summed E-state index contributed by atoms with van der Waals surface area (Å²) in [7, 11) is 0. The van der Waals surface area contributed by atoms with E-state index in [2.05, 4.69) is 19.9 Å². The van der Waals surface area contributed by atoms with E-state index in [1.165, 1.54) is 26.1 Å². The lowest BCUT2D eigenvalue weighted by Crippen LogP contribution is -2.12. The maximum absolute atomic E-state index is 14.2. The molecule has 198 valence electrons. The highest BCUT2D eigenvalue weighted by Crippen LogP contribution is 2.41. The largest absolute Gasteiger partial charge is 0.438 e. The number of ether oxygens (including phenoxy) is 1. The Hall–Kier alpha value is -4.67. The molecule has 0 saturated carbocycles. The molecule has 0 unspecified atom stereocenters. The van der Waals surface area contributed by atoms with Gasteiger partial charge in [0.05, 0.1) is 33.4 Å². The Bertz CT molecular complexity index is 1820. The van der Waals surface area contributed by atoms with Crippen LogP contribution in [0.5, 0.6) is 11.6 Å². The molecule has 0 spiro atoms. The average Bonchev–Trinajstić information content (AvgIpc) is 2.88. The van der Waals surface area contributed by atoms with Gasteiger partial charge in [0.25, 0.3) is 0 Å². The van der Waals surface area contributed by atoms with E-state index in [0.29, 0.717) is 23.1 Å². The first-order valence-corrected chi connectivity index (χ1v) is 11.6. The van der Waals surface area contributed by atoms with Gasteiger partial charge < -0.3 is 9.72 Å². The van der Waals surface area contributed by atoms with E-state index < -0.39 is 28.8 Å². The van der Waals surface area contributed by atoms with Crippen molar-refractivity contribution in [3.63, 3.8) is 0 Å². The van der Waals surface area contributed by atoms with Crippen molar-refractivity contribution < 1.29 is 26.7 Å². The number of hydrogen-bond donors (Lipinski definition) is 1. The quantitative estimate of drug-likeness (QED) is 0.248. The Kier molecular flexibility index (Phi) is 6.37. The molecule has 0 atom stereocenters. The summed E-state index contributed by atoms with van der Waals surface area (Å²) in [4.78, 5) is 28.9. The SMILES string of the molecule is Cc1cccnc1-c1nccc2[nH]c(-c3c(Oc4ccc(F)c(F)c4C)ncc(C(F)(F)F)c3C)cc(=O)c12. The minimum atomic E-state index is -4.76. The summed E-state index contributed by atoms with van der Waals surface area (Å²) in [5.41, 5.74) is -0.385. The van der Waals surface area contributed by atoms with E-state index in [0.717, 1.165) is 23.8 Å². The monoisotopic (exact) mass is 538 g/mol. The highest BCUT2D eigenvalue weighted by atomic mass is 19.4. The highest BCUT2D eigenvalue weighted by Gasteiger charge is 2.35. The van der Waals surface area contributed by atoms with Crippen LogP contribution in [0.1, 0.15) is 22.3 Å². The Labute approximate surface area is 218 Å². The Morgan fingerprint density at radius 3 is 2.36 bits per heavy atom. The molecule has 0 bridgehead atoms. The lowest BCUT2D eigenvalue weighted by molar-refractivity contribution is -0.138. The van der Waals surface area contributed by atoms with Crippen molar-refractivity contribution in [3.8, 4) is 34.3 Å². The van der Waals surface area contributed by atoms with Gasteiger partial charge in [0, 0.05) is 30.2 Å². The van der Waals surface area contributed by atoms with Crippen LogP contribution in [0.2, 0.25) is 0 Å². The van der Waals surface area contributed by atoms with Crippen LogP contribution in [0.25, 0.3) is 33.5 Å². The van der Waals surface area contributed by atoms with Crippen molar-refractivity contribution in [1.82, 2.24) is 19.9 Å². The molecule has 6 nitrogen and oxygen atoms in total. The summed E-state index contributed by atoms with van der Waals surface area (Å²) in [5, 5.41) is 0.194. The van der Waals surface area contributed by atoms with Gasteiger partial charge in [0.1, 0.15) is 11.4 Å². The van der Waals surface area contributed by atoms with Crippen LogP contribution in [0.3, 0.4) is 0 Å². The number of aromatic nitrogens is 4. The number of nitrogens with zero attached hydrogens (tertiary/aromatic N) is 3. The zero-order chi connectivity index (χ0) is 28.1. The molecule has 0 radical (unpaired) electrons. The number of hydrogen-bond acceptors (Lipinski definition) is 5. The molecule has 0 aliphatic carbocycles. The van der Waals surface area contributed by atoms with E-state index in [1.54, 1.807) is 12.3 Å². The third-order valence-electron chi connectivity index (χ3n) is 6.35. The molecule has 4 aromatic heterocycles. The smallest absolute Gasteiger partial charge is 0.418 e. The first-order valence-electron chi connectivity index (χ1n) is 11.6. The third-order valence-corrected chi connectivity index (χ3v) is 6.35. The van der Waals surface area contributed by atoms with E-state index >= 15 is 0 Å². The molecule has 5 aromatic rings. The fourth-order valence-corrected chi connectivity index (χ4v) is 4.36. The van der Waals surface area contributed by atoms with Crippen LogP contribution in [-0.4, -0.2) is 19.9 Å². The predicted octanol–water partition coefficient (Wildman–Crippen LogP) is 7.06. The zero-order valence-electron chi connectivity index (χ0n) is 20.7. The normalized spacial score (nSPS) is 11.7. The van der Waals surface area contributed by atoms with Gasteiger partial charge in [-0.2, -0.15) is 13.2 Å². The third kappa shape index (κ3) is 4.60. The van der Waals surface area contributed by atoms with Crippen molar-refractivity contribution in [3.05, 3.63) is 99.1 Å². The van der Waals surface area contributed by atoms with Crippen molar-refractivity contribution in [2.24, 2.45) is 0 Å². The molecule has 0 amide bonds.